The van der Waals surface area contributed by atoms with E-state index in [-0.39, 0.29) is 24.0 Å². The molecule has 158 valence electrons. The van der Waals surface area contributed by atoms with Crippen molar-refractivity contribution in [3.8, 4) is 0 Å². The molecular weight excluding hydrogens is 463 g/mol. The third kappa shape index (κ3) is 9.39. The summed E-state index contributed by atoms with van der Waals surface area (Å²) in [4.78, 5) is 9.09. The Balaban J connectivity index is 0.00000392. The molecule has 0 radical (unpaired) electrons. The molecule has 0 aromatic heterocycles. The van der Waals surface area contributed by atoms with E-state index in [9.17, 15) is 0 Å². The molecule has 0 spiro atoms. The summed E-state index contributed by atoms with van der Waals surface area (Å²) in [6, 6.07) is 8.84. The van der Waals surface area contributed by atoms with E-state index in [0.717, 1.165) is 58.3 Å². The molecular formula is C22H37IN4O. The number of nitrogens with one attached hydrogen (secondary N) is 1. The monoisotopic (exact) mass is 500 g/mol. The Morgan fingerprint density at radius 1 is 1.25 bits per heavy atom. The average Bonchev–Trinajstić information content (AvgIpc) is 2.69. The molecule has 0 saturated carbocycles. The van der Waals surface area contributed by atoms with Crippen molar-refractivity contribution < 1.29 is 4.74 Å². The predicted molar refractivity (Wildman–Crippen MR) is 129 cm³/mol. The zero-order valence-electron chi connectivity index (χ0n) is 17.5. The van der Waals surface area contributed by atoms with Crippen LogP contribution in [0.15, 0.2) is 41.9 Å². The number of hydrogen-bond donors (Lipinski definition) is 1. The van der Waals surface area contributed by atoms with Crippen molar-refractivity contribution >= 4 is 29.9 Å². The lowest BCUT2D eigenvalue weighted by molar-refractivity contribution is 0.0342. The molecule has 0 aliphatic carbocycles. The Hall–Kier alpha value is -1.12. The van der Waals surface area contributed by atoms with Crippen molar-refractivity contribution in [1.82, 2.24) is 15.1 Å². The van der Waals surface area contributed by atoms with E-state index in [0.29, 0.717) is 0 Å². The van der Waals surface area contributed by atoms with E-state index in [2.05, 4.69) is 58.0 Å². The first-order valence-corrected chi connectivity index (χ1v) is 10.1. The van der Waals surface area contributed by atoms with Gasteiger partial charge in [-0.3, -0.25) is 9.89 Å². The fraction of sp³-hybridized carbons (Fsp3) is 0.591. The van der Waals surface area contributed by atoms with Crippen LogP contribution in [0, 0.1) is 0 Å². The van der Waals surface area contributed by atoms with Gasteiger partial charge in [0.25, 0.3) is 0 Å². The normalized spacial score (nSPS) is 15.0. The second-order valence-corrected chi connectivity index (χ2v) is 7.17. The van der Waals surface area contributed by atoms with Gasteiger partial charge in [0.1, 0.15) is 0 Å². The maximum absolute atomic E-state index is 5.43. The summed E-state index contributed by atoms with van der Waals surface area (Å²) < 4.78 is 5.43. The van der Waals surface area contributed by atoms with Gasteiger partial charge in [-0.2, -0.15) is 0 Å². The van der Waals surface area contributed by atoms with Crippen molar-refractivity contribution in [3.05, 3.63) is 48.0 Å². The highest BCUT2D eigenvalue weighted by atomic mass is 127. The summed E-state index contributed by atoms with van der Waals surface area (Å²) in [5, 5.41) is 3.49. The summed E-state index contributed by atoms with van der Waals surface area (Å²) in [5.41, 5.74) is 2.66. The molecule has 0 atom stereocenters. The third-order valence-electron chi connectivity index (χ3n) is 4.93. The van der Waals surface area contributed by atoms with Crippen LogP contribution in [0.25, 0.3) is 0 Å². The van der Waals surface area contributed by atoms with Crippen LogP contribution in [0.1, 0.15) is 36.8 Å². The number of hydrogen-bond acceptors (Lipinski definition) is 3. The van der Waals surface area contributed by atoms with Crippen LogP contribution >= 0.6 is 24.0 Å². The fourth-order valence-electron chi connectivity index (χ4n) is 3.34. The molecule has 1 fully saturated rings. The highest BCUT2D eigenvalue weighted by molar-refractivity contribution is 14.0. The number of nitrogens with zero attached hydrogens (tertiary/aromatic N) is 3. The highest BCUT2D eigenvalue weighted by Crippen LogP contribution is 2.10. The SMILES string of the molecule is C=CCCCCCN(C)C(=NC)NCc1cccc(CN2CCOCC2)c1.I. The first-order chi connectivity index (χ1) is 13.2. The first kappa shape index (κ1) is 24.9. The van der Waals surface area contributed by atoms with Crippen LogP contribution in [0.3, 0.4) is 0 Å². The van der Waals surface area contributed by atoms with Gasteiger partial charge in [-0.15, -0.1) is 30.6 Å². The number of halogens is 1. The zero-order valence-corrected chi connectivity index (χ0v) is 19.9. The average molecular weight is 500 g/mol. The number of benzene rings is 1. The molecule has 1 aliphatic rings. The lowest BCUT2D eigenvalue weighted by Crippen LogP contribution is -2.39. The molecule has 1 N–H and O–H groups in total. The summed E-state index contributed by atoms with van der Waals surface area (Å²) in [6.45, 7) is 10.3. The molecule has 1 aromatic rings. The minimum Gasteiger partial charge on any atom is -0.379 e. The molecule has 1 saturated heterocycles. The fourth-order valence-corrected chi connectivity index (χ4v) is 3.34. The van der Waals surface area contributed by atoms with Crippen LogP contribution < -0.4 is 5.32 Å². The molecule has 5 nitrogen and oxygen atoms in total. The Morgan fingerprint density at radius 3 is 2.71 bits per heavy atom. The topological polar surface area (TPSA) is 40.1 Å². The Labute approximate surface area is 188 Å². The van der Waals surface area contributed by atoms with Gasteiger partial charge >= 0.3 is 0 Å². The van der Waals surface area contributed by atoms with Gasteiger partial charge in [0, 0.05) is 46.8 Å². The second kappa shape index (κ2) is 14.8. The molecule has 2 rings (SSSR count). The van der Waals surface area contributed by atoms with E-state index < -0.39 is 0 Å². The maximum atomic E-state index is 5.43. The highest BCUT2D eigenvalue weighted by Gasteiger charge is 2.11. The van der Waals surface area contributed by atoms with Crippen LogP contribution in [0.2, 0.25) is 0 Å². The molecule has 28 heavy (non-hydrogen) atoms. The Morgan fingerprint density at radius 2 is 2.00 bits per heavy atom. The van der Waals surface area contributed by atoms with Gasteiger partial charge in [-0.25, -0.2) is 0 Å². The van der Waals surface area contributed by atoms with Gasteiger partial charge in [0.05, 0.1) is 13.2 Å². The predicted octanol–water partition coefficient (Wildman–Crippen LogP) is 3.89. The van der Waals surface area contributed by atoms with Gasteiger partial charge in [0.15, 0.2) is 5.96 Å². The Bertz CT molecular complexity index is 588. The van der Waals surface area contributed by atoms with Gasteiger partial charge < -0.3 is 15.0 Å². The third-order valence-corrected chi connectivity index (χ3v) is 4.93. The molecule has 0 amide bonds. The first-order valence-electron chi connectivity index (χ1n) is 10.1. The number of unbranched alkanes of at least 4 members (excludes halogenated alkanes) is 3. The van der Waals surface area contributed by atoms with Crippen molar-refractivity contribution in [2.45, 2.75) is 38.8 Å². The van der Waals surface area contributed by atoms with E-state index in [1.165, 1.54) is 30.4 Å². The summed E-state index contributed by atoms with van der Waals surface area (Å²) in [5.74, 6) is 0.956. The minimum atomic E-state index is 0. The van der Waals surface area contributed by atoms with Crippen LogP contribution in [-0.2, 0) is 17.8 Å². The summed E-state index contributed by atoms with van der Waals surface area (Å²) in [6.07, 6.45) is 6.74. The van der Waals surface area contributed by atoms with Crippen molar-refractivity contribution in [3.63, 3.8) is 0 Å². The molecule has 0 unspecified atom stereocenters. The summed E-state index contributed by atoms with van der Waals surface area (Å²) >= 11 is 0. The van der Waals surface area contributed by atoms with Crippen molar-refractivity contribution in [2.24, 2.45) is 4.99 Å². The lowest BCUT2D eigenvalue weighted by Gasteiger charge is -2.26. The smallest absolute Gasteiger partial charge is 0.193 e. The van der Waals surface area contributed by atoms with Crippen molar-refractivity contribution in [2.75, 3.05) is 46.9 Å². The van der Waals surface area contributed by atoms with E-state index >= 15 is 0 Å². The van der Waals surface area contributed by atoms with Gasteiger partial charge in [-0.05, 0) is 30.4 Å². The molecule has 0 bridgehead atoms. The number of ether oxygens (including phenoxy) is 1. The lowest BCUT2D eigenvalue weighted by atomic mass is 10.1. The zero-order chi connectivity index (χ0) is 19.3. The standard InChI is InChI=1S/C22H36N4O.HI/c1-4-5-6-7-8-12-25(3)22(23-2)24-18-20-10-9-11-21(17-20)19-26-13-15-27-16-14-26;/h4,9-11,17H,1,5-8,12-16,18-19H2,2-3H3,(H,23,24);1H. The molecule has 1 aliphatic heterocycles. The van der Waals surface area contributed by atoms with Gasteiger partial charge in [0.2, 0.25) is 0 Å². The summed E-state index contributed by atoms with van der Waals surface area (Å²) in [7, 11) is 3.96. The van der Waals surface area contributed by atoms with Gasteiger partial charge in [-0.1, -0.05) is 36.8 Å². The molecule has 6 heteroatoms. The largest absolute Gasteiger partial charge is 0.379 e. The maximum Gasteiger partial charge on any atom is 0.193 e. The Kier molecular flexibility index (Phi) is 13.2. The van der Waals surface area contributed by atoms with Crippen molar-refractivity contribution in [1.29, 1.82) is 0 Å². The molecule has 1 heterocycles. The number of aliphatic imine (C=N–C) groups is 1. The number of rotatable bonds is 10. The number of allylic oxidation sites excluding steroid dienone is 1. The van der Waals surface area contributed by atoms with E-state index in [4.69, 9.17) is 4.74 Å². The number of guanidine groups is 1. The van der Waals surface area contributed by atoms with E-state index in [1.54, 1.807) is 0 Å². The quantitative estimate of drug-likeness (QED) is 0.174. The molecule has 1 aromatic carbocycles. The van der Waals surface area contributed by atoms with Crippen LogP contribution in [0.5, 0.6) is 0 Å². The van der Waals surface area contributed by atoms with Crippen LogP contribution in [0.4, 0.5) is 0 Å². The van der Waals surface area contributed by atoms with E-state index in [1.807, 2.05) is 13.1 Å². The number of morpholine rings is 1. The van der Waals surface area contributed by atoms with Crippen LogP contribution in [-0.4, -0.2) is 62.7 Å². The second-order valence-electron chi connectivity index (χ2n) is 7.17. The minimum absolute atomic E-state index is 0.